The van der Waals surface area contributed by atoms with Crippen LogP contribution in [0.2, 0.25) is 5.02 Å². The summed E-state index contributed by atoms with van der Waals surface area (Å²) in [6.07, 6.45) is 3.59. The quantitative estimate of drug-likeness (QED) is 0.576. The molecule has 3 aromatic rings. The van der Waals surface area contributed by atoms with Crippen molar-refractivity contribution in [3.8, 4) is 0 Å². The third-order valence-electron chi connectivity index (χ3n) is 5.01. The van der Waals surface area contributed by atoms with Crippen molar-refractivity contribution in [2.45, 2.75) is 25.3 Å². The number of nitrogens with two attached hydrogens (primary N) is 1. The predicted octanol–water partition coefficient (Wildman–Crippen LogP) is 2.31. The third-order valence-corrected chi connectivity index (χ3v) is 5.38. The van der Waals surface area contributed by atoms with Gasteiger partial charge in [-0.15, -0.1) is 17.5 Å². The van der Waals surface area contributed by atoms with Gasteiger partial charge in [-0.25, -0.2) is 9.31 Å². The highest BCUT2D eigenvalue weighted by Gasteiger charge is 2.26. The number of hydrogen-bond acceptors (Lipinski definition) is 5. The first-order valence-electron chi connectivity index (χ1n) is 9.06. The van der Waals surface area contributed by atoms with Crippen LogP contribution in [0.3, 0.4) is 0 Å². The molecule has 0 bridgehead atoms. The van der Waals surface area contributed by atoms with E-state index in [1.165, 1.54) is 10.7 Å². The lowest BCUT2D eigenvalue weighted by Crippen LogP contribution is -2.43. The number of nitrogens with zero attached hydrogens (tertiary/aromatic N) is 3. The number of carboxylic acid groups (broad SMARTS) is 1. The van der Waals surface area contributed by atoms with Gasteiger partial charge in [0.25, 0.3) is 5.56 Å². The van der Waals surface area contributed by atoms with E-state index < -0.39 is 11.5 Å². The molecule has 1 aromatic carbocycles. The molecule has 1 aliphatic rings. The largest absolute Gasteiger partial charge is 0.477 e. The number of anilines is 1. The topological polar surface area (TPSA) is 117 Å². The Balaban J connectivity index is 0.00000240. The molecule has 29 heavy (non-hydrogen) atoms. The van der Waals surface area contributed by atoms with Crippen LogP contribution in [-0.2, 0) is 6.42 Å². The van der Waals surface area contributed by atoms with Crippen molar-refractivity contribution in [1.29, 1.82) is 0 Å². The van der Waals surface area contributed by atoms with E-state index in [1.54, 1.807) is 6.07 Å². The molecule has 4 rings (SSSR count). The maximum absolute atomic E-state index is 12.7. The summed E-state index contributed by atoms with van der Waals surface area (Å²) in [7, 11) is 0. The van der Waals surface area contributed by atoms with Gasteiger partial charge in [0.2, 0.25) is 0 Å². The average molecular weight is 438 g/mol. The molecule has 154 valence electrons. The normalized spacial score (nSPS) is 16.6. The smallest absolute Gasteiger partial charge is 0.354 e. The Morgan fingerprint density at radius 3 is 2.83 bits per heavy atom. The van der Waals surface area contributed by atoms with Gasteiger partial charge in [-0.2, -0.15) is 0 Å². The van der Waals surface area contributed by atoms with Crippen LogP contribution in [0.1, 0.15) is 34.5 Å². The van der Waals surface area contributed by atoms with Gasteiger partial charge in [-0.05, 0) is 24.5 Å². The predicted molar refractivity (Wildman–Crippen MR) is 114 cm³/mol. The monoisotopic (exact) mass is 437 g/mol. The molecule has 4 N–H and O–H groups in total. The average Bonchev–Trinajstić information content (AvgIpc) is 3.02. The minimum atomic E-state index is -1.22. The lowest BCUT2D eigenvalue weighted by molar-refractivity contribution is 0.0689. The van der Waals surface area contributed by atoms with Gasteiger partial charge in [-0.1, -0.05) is 29.8 Å². The molecule has 3 heterocycles. The molecule has 0 aliphatic carbocycles. The first kappa shape index (κ1) is 21.2. The molecule has 1 aliphatic heterocycles. The number of nitrogens with one attached hydrogen (secondary N) is 1. The second kappa shape index (κ2) is 8.44. The molecular formula is C19H21Cl2N5O3. The summed E-state index contributed by atoms with van der Waals surface area (Å²) in [6.45, 7) is 1.40. The number of hydrogen-bond donors (Lipinski definition) is 3. The van der Waals surface area contributed by atoms with Crippen LogP contribution in [-0.4, -0.2) is 44.8 Å². The van der Waals surface area contributed by atoms with Crippen LogP contribution in [0.25, 0.3) is 5.52 Å². The Hall–Kier alpha value is -2.55. The van der Waals surface area contributed by atoms with Gasteiger partial charge in [0, 0.05) is 36.1 Å². The lowest BCUT2D eigenvalue weighted by Gasteiger charge is -2.31. The summed E-state index contributed by atoms with van der Waals surface area (Å²) < 4.78 is 1.35. The molecule has 1 saturated heterocycles. The van der Waals surface area contributed by atoms with Crippen LogP contribution < -0.4 is 16.2 Å². The Morgan fingerprint density at radius 1 is 1.38 bits per heavy atom. The highest BCUT2D eigenvalue weighted by molar-refractivity contribution is 6.31. The summed E-state index contributed by atoms with van der Waals surface area (Å²) >= 11 is 6.34. The Morgan fingerprint density at radius 2 is 2.14 bits per heavy atom. The fourth-order valence-electron chi connectivity index (χ4n) is 3.69. The molecule has 8 nitrogen and oxygen atoms in total. The number of carbonyl (C=O) groups is 1. The minimum Gasteiger partial charge on any atom is -0.477 e. The Kier molecular flexibility index (Phi) is 6.16. The molecule has 0 unspecified atom stereocenters. The van der Waals surface area contributed by atoms with Crippen molar-refractivity contribution in [2.75, 3.05) is 18.0 Å². The zero-order valence-electron chi connectivity index (χ0n) is 15.5. The second-order valence-electron chi connectivity index (χ2n) is 7.01. The van der Waals surface area contributed by atoms with E-state index in [2.05, 4.69) is 15.0 Å². The molecule has 0 amide bonds. The number of benzene rings is 1. The van der Waals surface area contributed by atoms with E-state index in [0.29, 0.717) is 34.9 Å². The fraction of sp³-hybridized carbons (Fsp3) is 0.316. The molecule has 1 fully saturated rings. The van der Waals surface area contributed by atoms with Crippen molar-refractivity contribution >= 4 is 41.3 Å². The lowest BCUT2D eigenvalue weighted by atomic mass is 10.0. The van der Waals surface area contributed by atoms with Crippen LogP contribution in [0.5, 0.6) is 0 Å². The number of fused-ring (bicyclic) bond motifs is 1. The zero-order chi connectivity index (χ0) is 19.8. The van der Waals surface area contributed by atoms with E-state index in [1.807, 2.05) is 18.2 Å². The number of aromatic nitrogens is 3. The van der Waals surface area contributed by atoms with E-state index in [-0.39, 0.29) is 24.1 Å². The minimum absolute atomic E-state index is 0. The SMILES string of the molecule is Cl.N[C@@H]1CCCN(c2nn3cc(C(=O)O)[nH]c(=O)c3c2Cc2ccccc2Cl)C1. The number of aromatic amines is 1. The van der Waals surface area contributed by atoms with Gasteiger partial charge < -0.3 is 20.7 Å². The molecule has 10 heteroatoms. The van der Waals surface area contributed by atoms with Crippen LogP contribution in [0.15, 0.2) is 35.3 Å². The number of H-pyrrole nitrogens is 1. The summed E-state index contributed by atoms with van der Waals surface area (Å²) in [5.41, 5.74) is 7.31. The van der Waals surface area contributed by atoms with Gasteiger partial charge in [0.1, 0.15) is 11.2 Å². The van der Waals surface area contributed by atoms with E-state index >= 15 is 0 Å². The van der Waals surface area contributed by atoms with Gasteiger partial charge in [0.05, 0.1) is 6.20 Å². The maximum Gasteiger partial charge on any atom is 0.354 e. The van der Waals surface area contributed by atoms with Gasteiger partial charge in [0.15, 0.2) is 5.82 Å². The molecule has 0 radical (unpaired) electrons. The molecule has 1 atom stereocenters. The first-order valence-corrected chi connectivity index (χ1v) is 9.43. The van der Waals surface area contributed by atoms with Crippen molar-refractivity contribution < 1.29 is 9.90 Å². The van der Waals surface area contributed by atoms with Crippen molar-refractivity contribution in [3.63, 3.8) is 0 Å². The van der Waals surface area contributed by atoms with E-state index in [4.69, 9.17) is 17.3 Å². The van der Waals surface area contributed by atoms with Crippen molar-refractivity contribution in [3.05, 3.63) is 62.7 Å². The molecule has 2 aromatic heterocycles. The van der Waals surface area contributed by atoms with Crippen LogP contribution >= 0.6 is 24.0 Å². The van der Waals surface area contributed by atoms with Crippen LogP contribution in [0.4, 0.5) is 5.82 Å². The van der Waals surface area contributed by atoms with Gasteiger partial charge >= 0.3 is 5.97 Å². The standard InChI is InChI=1S/C19H20ClN5O3.ClH/c20-14-6-2-1-4-11(14)8-13-16-18(26)22-15(19(27)28)10-25(16)23-17(13)24-7-3-5-12(21)9-24;/h1-2,4,6,10,12H,3,5,7-9,21H2,(H,22,26)(H,27,28);1H/t12-;/m1./s1. The summed E-state index contributed by atoms with van der Waals surface area (Å²) in [6, 6.07) is 7.46. The number of rotatable bonds is 4. The first-order chi connectivity index (χ1) is 13.4. The number of piperidine rings is 1. The number of carboxylic acids is 1. The van der Waals surface area contributed by atoms with Crippen LogP contribution in [0, 0.1) is 0 Å². The van der Waals surface area contributed by atoms with E-state index in [0.717, 1.165) is 24.9 Å². The second-order valence-corrected chi connectivity index (χ2v) is 7.42. The van der Waals surface area contributed by atoms with E-state index in [9.17, 15) is 14.7 Å². The van der Waals surface area contributed by atoms with Crippen molar-refractivity contribution in [1.82, 2.24) is 14.6 Å². The highest BCUT2D eigenvalue weighted by Crippen LogP contribution is 2.29. The highest BCUT2D eigenvalue weighted by atomic mass is 35.5. The number of halogens is 2. The molecule has 0 spiro atoms. The molecule has 0 saturated carbocycles. The maximum atomic E-state index is 12.7. The Labute approximate surface area is 177 Å². The fourth-order valence-corrected chi connectivity index (χ4v) is 3.89. The molecular weight excluding hydrogens is 417 g/mol. The summed E-state index contributed by atoms with van der Waals surface area (Å²) in [5.74, 6) is -0.577. The zero-order valence-corrected chi connectivity index (χ0v) is 17.0. The Bertz CT molecular complexity index is 1110. The third kappa shape index (κ3) is 4.10. The summed E-state index contributed by atoms with van der Waals surface area (Å²) in [5, 5.41) is 14.4. The van der Waals surface area contributed by atoms with Gasteiger partial charge in [-0.3, -0.25) is 4.79 Å². The van der Waals surface area contributed by atoms with Crippen molar-refractivity contribution in [2.24, 2.45) is 5.73 Å². The summed E-state index contributed by atoms with van der Waals surface area (Å²) in [4.78, 5) is 28.5. The number of aromatic carboxylic acids is 1.